The van der Waals surface area contributed by atoms with Crippen LogP contribution < -0.4 is 10.1 Å². The van der Waals surface area contributed by atoms with Crippen molar-refractivity contribution in [3.63, 3.8) is 0 Å². The van der Waals surface area contributed by atoms with E-state index >= 15 is 0 Å². The summed E-state index contributed by atoms with van der Waals surface area (Å²) in [5.41, 5.74) is 1.74. The lowest BCUT2D eigenvalue weighted by atomic mass is 9.95. The normalized spacial score (nSPS) is 11.8. The second-order valence-corrected chi connectivity index (χ2v) is 8.64. The fourth-order valence-electron chi connectivity index (χ4n) is 3.26. The smallest absolute Gasteiger partial charge is 0.338 e. The van der Waals surface area contributed by atoms with E-state index in [0.29, 0.717) is 29.5 Å². The SMILES string of the molecule is CCOC(=O)c1cccc(CCCC(C)(C)NCC(O)COc2cccc(Cl)c2C#N)c1.Cl. The molecule has 0 bridgehead atoms. The number of aliphatic hydroxyl groups excluding tert-OH is 1. The number of ether oxygens (including phenoxy) is 2. The third-order valence-corrected chi connectivity index (χ3v) is 5.35. The van der Waals surface area contributed by atoms with Gasteiger partial charge in [-0.1, -0.05) is 29.8 Å². The number of esters is 1. The van der Waals surface area contributed by atoms with Crippen LogP contribution >= 0.6 is 24.0 Å². The number of nitrogens with one attached hydrogen (secondary N) is 1. The number of hydrogen-bond donors (Lipinski definition) is 2. The second-order valence-electron chi connectivity index (χ2n) is 8.23. The number of nitrogens with zero attached hydrogens (tertiary/aromatic N) is 1. The molecule has 1 atom stereocenters. The van der Waals surface area contributed by atoms with Crippen LogP contribution in [0.2, 0.25) is 5.02 Å². The molecule has 2 rings (SSSR count). The molecule has 0 aliphatic carbocycles. The first-order chi connectivity index (χ1) is 15.3. The van der Waals surface area contributed by atoms with Crippen LogP contribution in [0.1, 0.15) is 55.1 Å². The topological polar surface area (TPSA) is 91.6 Å². The molecule has 2 N–H and O–H groups in total. The number of hydrogen-bond acceptors (Lipinski definition) is 6. The minimum atomic E-state index is -0.735. The lowest BCUT2D eigenvalue weighted by molar-refractivity contribution is 0.0526. The van der Waals surface area contributed by atoms with E-state index in [1.807, 2.05) is 24.3 Å². The van der Waals surface area contributed by atoms with Crippen LogP contribution in [0.4, 0.5) is 0 Å². The molecular formula is C25H32Cl2N2O4. The predicted octanol–water partition coefficient (Wildman–Crippen LogP) is 4.94. The van der Waals surface area contributed by atoms with Crippen molar-refractivity contribution in [2.45, 2.75) is 51.7 Å². The molecule has 2 aromatic carbocycles. The van der Waals surface area contributed by atoms with Crippen molar-refractivity contribution < 1.29 is 19.4 Å². The first-order valence-corrected chi connectivity index (χ1v) is 11.1. The van der Waals surface area contributed by atoms with Crippen LogP contribution in [0.15, 0.2) is 42.5 Å². The van der Waals surface area contributed by atoms with E-state index in [4.69, 9.17) is 21.1 Å². The lowest BCUT2D eigenvalue weighted by Crippen LogP contribution is -2.44. The molecule has 0 radical (unpaired) electrons. The average Bonchev–Trinajstić information content (AvgIpc) is 2.76. The van der Waals surface area contributed by atoms with Crippen LogP contribution in [0.3, 0.4) is 0 Å². The van der Waals surface area contributed by atoms with Crippen LogP contribution in [-0.2, 0) is 11.2 Å². The molecule has 0 aromatic heterocycles. The van der Waals surface area contributed by atoms with Gasteiger partial charge in [0.15, 0.2) is 0 Å². The second kappa shape index (κ2) is 14.1. The quantitative estimate of drug-likeness (QED) is 0.406. The van der Waals surface area contributed by atoms with Crippen molar-refractivity contribution in [3.8, 4) is 11.8 Å². The summed E-state index contributed by atoms with van der Waals surface area (Å²) >= 11 is 6.00. The van der Waals surface area contributed by atoms with Gasteiger partial charge in [-0.3, -0.25) is 0 Å². The molecule has 0 heterocycles. The number of aryl methyl sites for hydroxylation is 1. The highest BCUT2D eigenvalue weighted by Gasteiger charge is 2.19. The van der Waals surface area contributed by atoms with Crippen LogP contribution in [0.25, 0.3) is 0 Å². The van der Waals surface area contributed by atoms with Crippen molar-refractivity contribution in [1.29, 1.82) is 5.26 Å². The Balaban J connectivity index is 0.00000544. The summed E-state index contributed by atoms with van der Waals surface area (Å²) in [6, 6.07) is 14.5. The molecule has 0 fully saturated rings. The molecule has 8 heteroatoms. The summed E-state index contributed by atoms with van der Waals surface area (Å²) in [6.07, 6.45) is 1.92. The molecule has 0 aliphatic rings. The molecule has 6 nitrogen and oxygen atoms in total. The summed E-state index contributed by atoms with van der Waals surface area (Å²) < 4.78 is 10.6. The van der Waals surface area contributed by atoms with Crippen LogP contribution in [-0.4, -0.2) is 42.5 Å². The zero-order chi connectivity index (χ0) is 23.6. The highest BCUT2D eigenvalue weighted by molar-refractivity contribution is 6.31. The summed E-state index contributed by atoms with van der Waals surface area (Å²) in [7, 11) is 0. The third kappa shape index (κ3) is 9.61. The van der Waals surface area contributed by atoms with E-state index in [-0.39, 0.29) is 36.1 Å². The monoisotopic (exact) mass is 494 g/mol. The Morgan fingerprint density at radius 1 is 1.27 bits per heavy atom. The van der Waals surface area contributed by atoms with Crippen LogP contribution in [0.5, 0.6) is 5.75 Å². The van der Waals surface area contributed by atoms with Crippen molar-refractivity contribution in [2.75, 3.05) is 19.8 Å². The zero-order valence-corrected chi connectivity index (χ0v) is 20.8. The number of benzene rings is 2. The lowest BCUT2D eigenvalue weighted by Gasteiger charge is -2.28. The van der Waals surface area contributed by atoms with Gasteiger partial charge in [0.1, 0.15) is 30.1 Å². The van der Waals surface area contributed by atoms with Gasteiger partial charge in [-0.15, -0.1) is 12.4 Å². The molecule has 33 heavy (non-hydrogen) atoms. The third-order valence-electron chi connectivity index (χ3n) is 5.04. The Bertz CT molecular complexity index is 944. The highest BCUT2D eigenvalue weighted by Crippen LogP contribution is 2.25. The van der Waals surface area contributed by atoms with Gasteiger partial charge in [-0.05, 0) is 69.9 Å². The van der Waals surface area contributed by atoms with E-state index in [0.717, 1.165) is 24.8 Å². The Kier molecular flexibility index (Phi) is 12.2. The predicted molar refractivity (Wildman–Crippen MR) is 132 cm³/mol. The standard InChI is InChI=1S/C25H31ClN2O4.ClH/c1-4-31-24(30)19-10-5-8-18(14-19)9-7-13-25(2,3)28-16-20(29)17-32-23-12-6-11-22(26)21(23)15-27;/h5-6,8,10-12,14,20,28-29H,4,7,9,13,16-17H2,1-3H3;1H. The van der Waals surface area contributed by atoms with Gasteiger partial charge in [0, 0.05) is 12.1 Å². The Hall–Kier alpha value is -2.30. The van der Waals surface area contributed by atoms with Crippen LogP contribution in [0, 0.1) is 11.3 Å². The molecule has 0 saturated carbocycles. The van der Waals surface area contributed by atoms with E-state index in [2.05, 4.69) is 19.2 Å². The van der Waals surface area contributed by atoms with E-state index < -0.39 is 6.10 Å². The number of carbonyl (C=O) groups excluding carboxylic acids is 1. The Labute approximate surface area is 207 Å². The molecule has 180 valence electrons. The summed E-state index contributed by atoms with van der Waals surface area (Å²) in [5, 5.41) is 23.2. The summed E-state index contributed by atoms with van der Waals surface area (Å²) in [5.74, 6) is 0.0653. The minimum absolute atomic E-state index is 0. The first kappa shape index (κ1) is 28.7. The molecule has 0 saturated heterocycles. The number of halogens is 2. The van der Waals surface area contributed by atoms with Gasteiger partial charge < -0.3 is 19.9 Å². The number of carbonyl (C=O) groups is 1. The van der Waals surface area contributed by atoms with E-state index in [1.165, 1.54) is 0 Å². The fraction of sp³-hybridized carbons (Fsp3) is 0.440. The maximum Gasteiger partial charge on any atom is 0.338 e. The summed E-state index contributed by atoms with van der Waals surface area (Å²) in [4.78, 5) is 11.9. The Morgan fingerprint density at radius 2 is 2.00 bits per heavy atom. The van der Waals surface area contributed by atoms with Gasteiger partial charge in [-0.2, -0.15) is 5.26 Å². The Morgan fingerprint density at radius 3 is 2.70 bits per heavy atom. The first-order valence-electron chi connectivity index (χ1n) is 10.8. The van der Waals surface area contributed by atoms with Gasteiger partial charge in [-0.25, -0.2) is 4.79 Å². The van der Waals surface area contributed by atoms with Crippen molar-refractivity contribution >= 4 is 30.0 Å². The maximum absolute atomic E-state index is 11.9. The number of β-amino-alcohol motifs (C(OH)–C–C–N with tert-alkyl or cyclic N) is 1. The van der Waals surface area contributed by atoms with Gasteiger partial charge >= 0.3 is 5.97 Å². The molecule has 0 amide bonds. The van der Waals surface area contributed by atoms with Gasteiger partial charge in [0.25, 0.3) is 0 Å². The minimum Gasteiger partial charge on any atom is -0.489 e. The molecule has 1 unspecified atom stereocenters. The van der Waals surface area contributed by atoms with Crippen molar-refractivity contribution in [2.24, 2.45) is 0 Å². The van der Waals surface area contributed by atoms with Crippen molar-refractivity contribution in [3.05, 3.63) is 64.2 Å². The van der Waals surface area contributed by atoms with Gasteiger partial charge in [0.2, 0.25) is 0 Å². The zero-order valence-electron chi connectivity index (χ0n) is 19.3. The van der Waals surface area contributed by atoms with E-state index in [9.17, 15) is 15.2 Å². The average molecular weight is 495 g/mol. The van der Waals surface area contributed by atoms with Crippen molar-refractivity contribution in [1.82, 2.24) is 5.32 Å². The van der Waals surface area contributed by atoms with Gasteiger partial charge in [0.05, 0.1) is 17.2 Å². The number of aliphatic hydroxyl groups is 1. The fourth-order valence-corrected chi connectivity index (χ4v) is 3.47. The molecule has 2 aromatic rings. The molecule has 0 aliphatic heterocycles. The van der Waals surface area contributed by atoms with E-state index in [1.54, 1.807) is 31.2 Å². The maximum atomic E-state index is 11.9. The molecule has 0 spiro atoms. The molecular weight excluding hydrogens is 463 g/mol. The highest BCUT2D eigenvalue weighted by atomic mass is 35.5. The number of rotatable bonds is 12. The largest absolute Gasteiger partial charge is 0.489 e. The number of nitriles is 1. The summed E-state index contributed by atoms with van der Waals surface area (Å²) in [6.45, 7) is 6.73.